The number of allylic oxidation sites excluding steroid dienone is 1. The number of carbonyl (C=O) groups is 1. The van der Waals surface area contributed by atoms with Gasteiger partial charge in [-0.25, -0.2) is 4.79 Å². The number of amides is 1. The Balaban J connectivity index is 0.000000342. The molecule has 0 aromatic carbocycles. The zero-order valence-electron chi connectivity index (χ0n) is 25.8. The predicted octanol–water partition coefficient (Wildman–Crippen LogP) is 9.05. The van der Waals surface area contributed by atoms with E-state index in [0.717, 1.165) is 61.2 Å². The molecule has 4 nitrogen and oxygen atoms in total. The van der Waals surface area contributed by atoms with Crippen LogP contribution in [-0.2, 0) is 4.74 Å². The van der Waals surface area contributed by atoms with Crippen molar-refractivity contribution in [3.05, 3.63) is 11.6 Å². The van der Waals surface area contributed by atoms with Crippen molar-refractivity contribution in [2.75, 3.05) is 6.61 Å². The fourth-order valence-corrected chi connectivity index (χ4v) is 9.37. The van der Waals surface area contributed by atoms with Gasteiger partial charge in [0.2, 0.25) is 0 Å². The van der Waals surface area contributed by atoms with Crippen molar-refractivity contribution in [3.63, 3.8) is 0 Å². The highest BCUT2D eigenvalue weighted by Gasteiger charge is 2.59. The lowest BCUT2D eigenvalue weighted by molar-refractivity contribution is -0.0573. The summed E-state index contributed by atoms with van der Waals surface area (Å²) in [5.41, 5.74) is 7.35. The molecule has 3 fully saturated rings. The van der Waals surface area contributed by atoms with Crippen LogP contribution in [0.25, 0.3) is 0 Å². The molecule has 3 N–H and O–H groups in total. The average Bonchev–Trinajstić information content (AvgIpc) is 3.21. The second-order valence-corrected chi connectivity index (χ2v) is 14.4. The van der Waals surface area contributed by atoms with Gasteiger partial charge in [0.1, 0.15) is 0 Å². The van der Waals surface area contributed by atoms with Crippen LogP contribution >= 0.6 is 0 Å². The fraction of sp³-hybridized carbons (Fsp3) is 0.912. The number of ether oxygens (including phenoxy) is 1. The quantitative estimate of drug-likeness (QED) is 0.218. The van der Waals surface area contributed by atoms with Crippen LogP contribution < -0.4 is 5.73 Å². The Labute approximate surface area is 234 Å². The Kier molecular flexibility index (Phi) is 11.6. The minimum atomic E-state index is -0.670. The monoisotopic (exact) mass is 531 g/mol. The van der Waals surface area contributed by atoms with Gasteiger partial charge in [0, 0.05) is 0 Å². The van der Waals surface area contributed by atoms with E-state index in [1.165, 1.54) is 70.6 Å². The van der Waals surface area contributed by atoms with E-state index < -0.39 is 6.09 Å². The molecule has 8 atom stereocenters. The third kappa shape index (κ3) is 7.38. The summed E-state index contributed by atoms with van der Waals surface area (Å²) in [7, 11) is 0. The first kappa shape index (κ1) is 31.5. The molecule has 0 radical (unpaired) electrons. The fourth-order valence-electron chi connectivity index (χ4n) is 9.37. The first-order valence-electron chi connectivity index (χ1n) is 16.3. The Bertz CT molecular complexity index is 778. The number of hydrogen-bond donors (Lipinski definition) is 2. The third-order valence-corrected chi connectivity index (χ3v) is 11.5. The molecule has 4 aliphatic rings. The van der Waals surface area contributed by atoms with Gasteiger partial charge in [-0.15, -0.1) is 0 Å². The highest BCUT2D eigenvalue weighted by Crippen LogP contribution is 2.67. The van der Waals surface area contributed by atoms with Crippen molar-refractivity contribution in [1.82, 2.24) is 0 Å². The van der Waals surface area contributed by atoms with Gasteiger partial charge in [-0.2, -0.15) is 0 Å². The van der Waals surface area contributed by atoms with Crippen LogP contribution in [0.2, 0.25) is 0 Å². The molecule has 4 heteroatoms. The molecule has 4 rings (SSSR count). The molecule has 0 aromatic heterocycles. The summed E-state index contributed by atoms with van der Waals surface area (Å²) in [6, 6.07) is 0. The number of unbranched alkanes of at least 4 members (excludes halogenated alkanes) is 3. The molecule has 0 aromatic rings. The zero-order chi connectivity index (χ0) is 27.9. The second-order valence-electron chi connectivity index (χ2n) is 14.4. The third-order valence-electron chi connectivity index (χ3n) is 11.5. The van der Waals surface area contributed by atoms with Crippen LogP contribution in [0.1, 0.15) is 138 Å². The predicted molar refractivity (Wildman–Crippen MR) is 159 cm³/mol. The normalized spacial score (nSPS) is 36.7. The topological polar surface area (TPSA) is 72.6 Å². The number of nitrogens with two attached hydrogens (primary N) is 1. The molecule has 38 heavy (non-hydrogen) atoms. The van der Waals surface area contributed by atoms with Crippen molar-refractivity contribution < 1.29 is 14.6 Å². The molecule has 4 aliphatic carbocycles. The van der Waals surface area contributed by atoms with Crippen molar-refractivity contribution >= 4 is 6.09 Å². The maximum Gasteiger partial charge on any atom is 0.404 e. The van der Waals surface area contributed by atoms with Gasteiger partial charge in [-0.3, -0.25) is 0 Å². The van der Waals surface area contributed by atoms with Crippen LogP contribution in [0.15, 0.2) is 11.6 Å². The molecule has 3 saturated carbocycles. The number of hydrogen-bond acceptors (Lipinski definition) is 3. The van der Waals surface area contributed by atoms with E-state index in [1.54, 1.807) is 5.57 Å². The lowest BCUT2D eigenvalue weighted by Gasteiger charge is -2.58. The molecule has 220 valence electrons. The molecule has 1 unspecified atom stereocenters. The lowest BCUT2D eigenvalue weighted by Crippen LogP contribution is -2.50. The first-order chi connectivity index (χ1) is 18.0. The van der Waals surface area contributed by atoms with Gasteiger partial charge >= 0.3 is 6.09 Å². The van der Waals surface area contributed by atoms with Crippen LogP contribution in [0, 0.1) is 46.3 Å². The molecule has 1 amide bonds. The van der Waals surface area contributed by atoms with Gasteiger partial charge in [0.25, 0.3) is 0 Å². The van der Waals surface area contributed by atoms with Crippen molar-refractivity contribution in [2.24, 2.45) is 52.1 Å². The summed E-state index contributed by atoms with van der Waals surface area (Å²) in [6.07, 6.45) is 20.9. The molecule has 0 aliphatic heterocycles. The maximum atomic E-state index is 10.2. The number of rotatable bonds is 10. The van der Waals surface area contributed by atoms with Crippen molar-refractivity contribution in [2.45, 2.75) is 144 Å². The second kappa shape index (κ2) is 14.0. The Morgan fingerprint density at radius 3 is 2.47 bits per heavy atom. The minimum Gasteiger partial charge on any atom is -0.450 e. The summed E-state index contributed by atoms with van der Waals surface area (Å²) >= 11 is 0. The number of primary amides is 1. The molecular weight excluding hydrogens is 470 g/mol. The minimum absolute atomic E-state index is 0.0766. The summed E-state index contributed by atoms with van der Waals surface area (Å²) in [5, 5.41) is 10.2. The van der Waals surface area contributed by atoms with Crippen LogP contribution in [0.4, 0.5) is 4.79 Å². The summed E-state index contributed by atoms with van der Waals surface area (Å²) in [5.74, 6) is 5.46. The van der Waals surface area contributed by atoms with Crippen LogP contribution in [0.5, 0.6) is 0 Å². The van der Waals surface area contributed by atoms with E-state index in [-0.39, 0.29) is 6.10 Å². The van der Waals surface area contributed by atoms with E-state index in [9.17, 15) is 9.90 Å². The van der Waals surface area contributed by atoms with Gasteiger partial charge < -0.3 is 15.6 Å². The van der Waals surface area contributed by atoms with E-state index >= 15 is 0 Å². The standard InChI is InChI=1S/C27H46O.C7H15NO2/c1-18(2)7-6-8-19(3)23-11-12-24-22-10-9-20-17-21(28)13-15-26(20,4)25(22)14-16-27(23,24)5;1-2-3-4-5-6-10-7(8)9/h9,18-19,21-25,28H,6-8,10-17H2,1-5H3;2-6H2,1H3,(H2,8,9)/t19?,21-,22-,23+,24-,25-,26-,27+;/m0./s1. The smallest absolute Gasteiger partial charge is 0.404 e. The van der Waals surface area contributed by atoms with Gasteiger partial charge in [-0.1, -0.05) is 91.7 Å². The number of fused-ring (bicyclic) bond motifs is 5. The summed E-state index contributed by atoms with van der Waals surface area (Å²) in [6.45, 7) is 15.2. The maximum absolute atomic E-state index is 10.2. The summed E-state index contributed by atoms with van der Waals surface area (Å²) < 4.78 is 4.53. The van der Waals surface area contributed by atoms with Gasteiger partial charge in [0.15, 0.2) is 0 Å². The van der Waals surface area contributed by atoms with Crippen LogP contribution in [0.3, 0.4) is 0 Å². The molecule has 0 saturated heterocycles. The number of aliphatic hydroxyl groups excluding tert-OH is 1. The number of carbonyl (C=O) groups excluding carboxylic acids is 1. The van der Waals surface area contributed by atoms with Crippen molar-refractivity contribution in [3.8, 4) is 0 Å². The Morgan fingerprint density at radius 1 is 1.03 bits per heavy atom. The van der Waals surface area contributed by atoms with E-state index in [1.807, 2.05) is 0 Å². The SMILES string of the molecule is CC(C)CCCC(C)[C@H]1CC[C@H]2[C@@H]3CC=C4C[C@@H](O)CC[C@]4(C)[C@H]3CC[C@]12C.CCCCCCOC(N)=O. The largest absolute Gasteiger partial charge is 0.450 e. The van der Waals surface area contributed by atoms with Gasteiger partial charge in [0.05, 0.1) is 12.7 Å². The zero-order valence-corrected chi connectivity index (χ0v) is 25.8. The average molecular weight is 532 g/mol. The summed E-state index contributed by atoms with van der Waals surface area (Å²) in [4.78, 5) is 10.0. The molecule has 0 bridgehead atoms. The lowest BCUT2D eigenvalue weighted by atomic mass is 9.47. The molecule has 0 spiro atoms. The molecule has 0 heterocycles. The van der Waals surface area contributed by atoms with E-state index in [4.69, 9.17) is 5.73 Å². The highest BCUT2D eigenvalue weighted by molar-refractivity contribution is 5.64. The van der Waals surface area contributed by atoms with E-state index in [0.29, 0.717) is 17.4 Å². The Morgan fingerprint density at radius 2 is 1.79 bits per heavy atom. The Hall–Kier alpha value is -1.03. The number of aliphatic hydroxyl groups is 1. The first-order valence-corrected chi connectivity index (χ1v) is 16.3. The van der Waals surface area contributed by atoms with Crippen LogP contribution in [-0.4, -0.2) is 23.9 Å². The highest BCUT2D eigenvalue weighted by atomic mass is 16.5. The van der Waals surface area contributed by atoms with Gasteiger partial charge in [-0.05, 0) is 104 Å². The van der Waals surface area contributed by atoms with E-state index in [2.05, 4.69) is 52.4 Å². The van der Waals surface area contributed by atoms with Crippen molar-refractivity contribution in [1.29, 1.82) is 0 Å². The molecular formula is C34H61NO3.